The van der Waals surface area contributed by atoms with Crippen molar-refractivity contribution in [2.24, 2.45) is 4.99 Å². The molecule has 1 unspecified atom stereocenters. The van der Waals surface area contributed by atoms with Gasteiger partial charge in [0.25, 0.3) is 0 Å². The first-order chi connectivity index (χ1) is 7.93. The highest BCUT2D eigenvalue weighted by atomic mass is 32.2. The summed E-state index contributed by atoms with van der Waals surface area (Å²) in [6.45, 7) is 2.28. The van der Waals surface area contributed by atoms with Crippen LogP contribution in [-0.2, 0) is 0 Å². The molecule has 2 heteroatoms. The summed E-state index contributed by atoms with van der Waals surface area (Å²) in [6, 6.07) is 0.592. The van der Waals surface area contributed by atoms with Gasteiger partial charge in [-0.1, -0.05) is 64.7 Å². The summed E-state index contributed by atoms with van der Waals surface area (Å²) in [5, 5.41) is 0. The lowest BCUT2D eigenvalue weighted by molar-refractivity contribution is 0.541. The normalized spacial score (nSPS) is 19.4. The van der Waals surface area contributed by atoms with E-state index in [1.807, 2.05) is 0 Å². The number of thioether (sulfide) groups is 1. The number of unbranched alkanes of at least 4 members (excludes halogenated alkanes) is 8. The molecule has 0 aliphatic carbocycles. The molecule has 1 atom stereocenters. The van der Waals surface area contributed by atoms with E-state index in [1.165, 1.54) is 70.0 Å². The molecule has 0 N–H and O–H groups in total. The van der Waals surface area contributed by atoms with E-state index in [0.29, 0.717) is 6.04 Å². The summed E-state index contributed by atoms with van der Waals surface area (Å²) in [7, 11) is 0. The highest BCUT2D eigenvalue weighted by Gasteiger charge is 2.10. The first-order valence-electron chi connectivity index (χ1n) is 7.00. The van der Waals surface area contributed by atoms with Crippen molar-refractivity contribution in [2.75, 3.05) is 5.75 Å². The fourth-order valence-corrected chi connectivity index (χ4v) is 2.85. The first kappa shape index (κ1) is 14.1. The smallest absolute Gasteiger partial charge is 0.123 e. The summed E-state index contributed by atoms with van der Waals surface area (Å²) in [6.07, 6.45) is 14.1. The van der Waals surface area contributed by atoms with Gasteiger partial charge >= 0.3 is 0 Å². The summed E-state index contributed by atoms with van der Waals surface area (Å²) >= 11 is 1.75. The van der Waals surface area contributed by atoms with Crippen molar-refractivity contribution >= 4 is 17.3 Å². The lowest BCUT2D eigenvalue weighted by Gasteiger charge is -2.05. The zero-order valence-corrected chi connectivity index (χ0v) is 11.5. The van der Waals surface area contributed by atoms with Crippen LogP contribution >= 0.6 is 11.8 Å². The third kappa shape index (κ3) is 7.32. The Morgan fingerprint density at radius 2 is 1.62 bits per heavy atom. The van der Waals surface area contributed by atoms with Crippen LogP contribution in [0.5, 0.6) is 0 Å². The monoisotopic (exact) mass is 240 g/mol. The van der Waals surface area contributed by atoms with Crippen molar-refractivity contribution in [3.63, 3.8) is 0 Å². The molecule has 0 saturated carbocycles. The van der Waals surface area contributed by atoms with Crippen LogP contribution in [0.15, 0.2) is 4.99 Å². The minimum atomic E-state index is 0.592. The second-order valence-corrected chi connectivity index (χ2v) is 5.61. The van der Waals surface area contributed by atoms with Crippen LogP contribution in [0.2, 0.25) is 0 Å². The molecule has 0 fully saturated rings. The molecule has 0 bridgehead atoms. The topological polar surface area (TPSA) is 12.4 Å². The SMILES string of the molecule is CCCCCCCCCCCC1CS[C]=N1. The molecule has 0 aromatic carbocycles. The van der Waals surface area contributed by atoms with Gasteiger partial charge in [0.15, 0.2) is 0 Å². The minimum Gasteiger partial charge on any atom is -0.271 e. The maximum atomic E-state index is 4.32. The van der Waals surface area contributed by atoms with Gasteiger partial charge in [0.2, 0.25) is 0 Å². The van der Waals surface area contributed by atoms with Crippen LogP contribution in [0.25, 0.3) is 0 Å². The van der Waals surface area contributed by atoms with Gasteiger partial charge in [0, 0.05) is 5.75 Å². The van der Waals surface area contributed by atoms with E-state index in [4.69, 9.17) is 0 Å². The second kappa shape index (κ2) is 10.2. The van der Waals surface area contributed by atoms with Crippen LogP contribution in [-0.4, -0.2) is 17.3 Å². The standard InChI is InChI=1S/C14H26NS/c1-2-3-4-5-6-7-8-9-10-11-14-12-16-13-15-14/h14H,2-12H2,1H3. The molecule has 0 aromatic heterocycles. The molecule has 93 valence electrons. The summed E-state index contributed by atoms with van der Waals surface area (Å²) < 4.78 is 0. The third-order valence-electron chi connectivity index (χ3n) is 3.22. The van der Waals surface area contributed by atoms with E-state index in [0.717, 1.165) is 0 Å². The van der Waals surface area contributed by atoms with Crippen LogP contribution in [0.4, 0.5) is 0 Å². The molecule has 1 aliphatic heterocycles. The number of rotatable bonds is 10. The van der Waals surface area contributed by atoms with Gasteiger partial charge in [-0.3, -0.25) is 4.99 Å². The highest BCUT2D eigenvalue weighted by Crippen LogP contribution is 2.18. The molecule has 1 heterocycles. The average Bonchev–Trinajstić information content (AvgIpc) is 2.80. The quantitative estimate of drug-likeness (QED) is 0.493. The fourth-order valence-electron chi connectivity index (χ4n) is 2.12. The summed E-state index contributed by atoms with van der Waals surface area (Å²) in [5.41, 5.74) is 2.99. The number of hydrogen-bond acceptors (Lipinski definition) is 2. The Labute approximate surface area is 105 Å². The average molecular weight is 240 g/mol. The van der Waals surface area contributed by atoms with E-state index in [2.05, 4.69) is 17.5 Å². The van der Waals surface area contributed by atoms with Gasteiger partial charge in [0.05, 0.1) is 6.04 Å². The molecule has 0 aromatic rings. The van der Waals surface area contributed by atoms with Gasteiger partial charge < -0.3 is 0 Å². The van der Waals surface area contributed by atoms with Crippen molar-refractivity contribution in [1.82, 2.24) is 0 Å². The zero-order chi connectivity index (χ0) is 11.5. The molecular formula is C14H26NS. The molecule has 1 rings (SSSR count). The molecule has 0 amide bonds. The lowest BCUT2D eigenvalue weighted by atomic mass is 10.1. The second-order valence-electron chi connectivity index (χ2n) is 4.80. The van der Waals surface area contributed by atoms with E-state index in [9.17, 15) is 0 Å². The van der Waals surface area contributed by atoms with Crippen molar-refractivity contribution in [3.8, 4) is 0 Å². The molecular weight excluding hydrogens is 214 g/mol. The van der Waals surface area contributed by atoms with Crippen molar-refractivity contribution in [1.29, 1.82) is 0 Å². The molecule has 1 nitrogen and oxygen atoms in total. The van der Waals surface area contributed by atoms with Crippen LogP contribution < -0.4 is 0 Å². The Morgan fingerprint density at radius 1 is 1.00 bits per heavy atom. The van der Waals surface area contributed by atoms with Gasteiger partial charge in [-0.15, -0.1) is 11.8 Å². The maximum Gasteiger partial charge on any atom is 0.123 e. The molecule has 16 heavy (non-hydrogen) atoms. The van der Waals surface area contributed by atoms with Gasteiger partial charge in [-0.05, 0) is 6.42 Å². The first-order valence-corrected chi connectivity index (χ1v) is 7.98. The van der Waals surface area contributed by atoms with Gasteiger partial charge in [0.1, 0.15) is 5.55 Å². The molecule has 1 radical (unpaired) electrons. The van der Waals surface area contributed by atoms with Crippen LogP contribution in [0, 0.1) is 0 Å². The predicted molar refractivity (Wildman–Crippen MR) is 75.5 cm³/mol. The van der Waals surface area contributed by atoms with E-state index in [1.54, 1.807) is 11.8 Å². The van der Waals surface area contributed by atoms with Crippen LogP contribution in [0.3, 0.4) is 0 Å². The van der Waals surface area contributed by atoms with E-state index in [-0.39, 0.29) is 0 Å². The minimum absolute atomic E-state index is 0.592. The summed E-state index contributed by atoms with van der Waals surface area (Å²) in [4.78, 5) is 4.32. The van der Waals surface area contributed by atoms with Crippen molar-refractivity contribution in [2.45, 2.75) is 77.2 Å². The van der Waals surface area contributed by atoms with Gasteiger partial charge in [-0.25, -0.2) is 0 Å². The third-order valence-corrected chi connectivity index (χ3v) is 4.00. The van der Waals surface area contributed by atoms with Gasteiger partial charge in [-0.2, -0.15) is 0 Å². The molecule has 0 saturated heterocycles. The highest BCUT2D eigenvalue weighted by molar-refractivity contribution is 8.12. The largest absolute Gasteiger partial charge is 0.271 e. The Kier molecular flexibility index (Phi) is 8.97. The summed E-state index contributed by atoms with van der Waals surface area (Å²) in [5.74, 6) is 1.18. The van der Waals surface area contributed by atoms with Crippen LogP contribution in [0.1, 0.15) is 71.1 Å². The zero-order valence-electron chi connectivity index (χ0n) is 10.7. The van der Waals surface area contributed by atoms with Crippen molar-refractivity contribution in [3.05, 3.63) is 0 Å². The Bertz CT molecular complexity index is 180. The number of hydrogen-bond donors (Lipinski definition) is 0. The number of nitrogens with zero attached hydrogens (tertiary/aromatic N) is 1. The lowest BCUT2D eigenvalue weighted by Crippen LogP contribution is -2.02. The maximum absolute atomic E-state index is 4.32. The Morgan fingerprint density at radius 3 is 2.19 bits per heavy atom. The predicted octanol–water partition coefficient (Wildman–Crippen LogP) is 4.93. The van der Waals surface area contributed by atoms with E-state index < -0.39 is 0 Å². The Hall–Kier alpha value is 0.0200. The fraction of sp³-hybridized carbons (Fsp3) is 0.929. The Balaban J connectivity index is 1.73. The van der Waals surface area contributed by atoms with Crippen molar-refractivity contribution < 1.29 is 0 Å². The van der Waals surface area contributed by atoms with E-state index >= 15 is 0 Å². The molecule has 0 spiro atoms. The molecule has 1 aliphatic rings. The number of aliphatic imine (C=N–C) groups is 1.